The van der Waals surface area contributed by atoms with Gasteiger partial charge in [-0.2, -0.15) is 0 Å². The molecule has 2 saturated heterocycles. The quantitative estimate of drug-likeness (QED) is 0.631. The van der Waals surface area contributed by atoms with E-state index in [1.165, 1.54) is 0 Å². The Labute approximate surface area is 128 Å². The molecule has 0 unspecified atom stereocenters. The molecule has 3 rings (SSSR count). The topological polar surface area (TPSA) is 49.9 Å². The molecule has 110 valence electrons. The third kappa shape index (κ3) is 2.29. The highest BCUT2D eigenvalue weighted by Crippen LogP contribution is 2.31. The summed E-state index contributed by atoms with van der Waals surface area (Å²) >= 11 is 5.40. The zero-order valence-electron chi connectivity index (χ0n) is 11.7. The highest BCUT2D eigenvalue weighted by molar-refractivity contribution is 7.80. The summed E-state index contributed by atoms with van der Waals surface area (Å²) in [5.41, 5.74) is 1.17. The van der Waals surface area contributed by atoms with Crippen LogP contribution in [0.4, 0.5) is 5.69 Å². The van der Waals surface area contributed by atoms with Crippen LogP contribution in [0, 0.1) is 0 Å². The summed E-state index contributed by atoms with van der Waals surface area (Å²) in [6, 6.07) is 6.68. The van der Waals surface area contributed by atoms with Gasteiger partial charge in [-0.25, -0.2) is 4.79 Å². The largest absolute Gasteiger partial charge is 0.462 e. The van der Waals surface area contributed by atoms with Gasteiger partial charge in [-0.15, -0.1) is 0 Å². The van der Waals surface area contributed by atoms with Crippen molar-refractivity contribution in [3.05, 3.63) is 29.8 Å². The van der Waals surface area contributed by atoms with Gasteiger partial charge >= 0.3 is 5.97 Å². The van der Waals surface area contributed by atoms with Crippen molar-refractivity contribution in [2.75, 3.05) is 18.1 Å². The highest BCUT2D eigenvalue weighted by atomic mass is 32.1. The molecule has 1 atom stereocenters. The fourth-order valence-corrected chi connectivity index (χ4v) is 3.24. The van der Waals surface area contributed by atoms with Crippen LogP contribution in [-0.2, 0) is 9.53 Å². The monoisotopic (exact) mass is 304 g/mol. The van der Waals surface area contributed by atoms with E-state index >= 15 is 0 Å². The summed E-state index contributed by atoms with van der Waals surface area (Å²) in [6.07, 6.45) is 1.86. The number of benzene rings is 1. The van der Waals surface area contributed by atoms with E-state index < -0.39 is 0 Å². The molecule has 1 amide bonds. The smallest absolute Gasteiger partial charge is 0.338 e. The lowest BCUT2D eigenvalue weighted by molar-refractivity contribution is -0.119. The number of fused-ring (bicyclic) bond motifs is 1. The Bertz CT molecular complexity index is 577. The Balaban J connectivity index is 1.83. The van der Waals surface area contributed by atoms with E-state index in [2.05, 4.69) is 0 Å². The Morgan fingerprint density at radius 1 is 1.38 bits per heavy atom. The number of anilines is 1. The maximum absolute atomic E-state index is 12.4. The number of carbonyl (C=O) groups is 2. The second kappa shape index (κ2) is 5.44. The number of rotatable bonds is 3. The first-order valence-corrected chi connectivity index (χ1v) is 7.46. The lowest BCUT2D eigenvalue weighted by atomic mass is 10.1. The van der Waals surface area contributed by atoms with Crippen molar-refractivity contribution in [2.24, 2.45) is 0 Å². The van der Waals surface area contributed by atoms with Crippen molar-refractivity contribution in [3.8, 4) is 0 Å². The lowest BCUT2D eigenvalue weighted by Gasteiger charge is -2.18. The van der Waals surface area contributed by atoms with Crippen LogP contribution in [0.3, 0.4) is 0 Å². The van der Waals surface area contributed by atoms with E-state index in [1.54, 1.807) is 36.1 Å². The first-order chi connectivity index (χ1) is 10.1. The fourth-order valence-electron chi connectivity index (χ4n) is 2.82. The number of hydrogen-bond acceptors (Lipinski definition) is 4. The SMILES string of the molecule is CCOC(=O)c1ccc(N2C(=O)[C@@H]3CCCN3C2=S)cc1. The minimum absolute atomic E-state index is 0.0291. The molecule has 2 aliphatic rings. The van der Waals surface area contributed by atoms with Gasteiger partial charge in [0.2, 0.25) is 0 Å². The second-order valence-corrected chi connectivity index (χ2v) is 5.44. The van der Waals surface area contributed by atoms with Gasteiger partial charge in [-0.05, 0) is 56.2 Å². The van der Waals surface area contributed by atoms with Crippen LogP contribution >= 0.6 is 12.2 Å². The molecule has 1 aromatic rings. The van der Waals surface area contributed by atoms with Crippen molar-refractivity contribution >= 4 is 34.9 Å². The number of amides is 1. The van der Waals surface area contributed by atoms with E-state index in [4.69, 9.17) is 17.0 Å². The van der Waals surface area contributed by atoms with Gasteiger partial charge in [-0.3, -0.25) is 9.69 Å². The summed E-state index contributed by atoms with van der Waals surface area (Å²) in [6.45, 7) is 2.94. The van der Waals surface area contributed by atoms with Crippen LogP contribution in [0.1, 0.15) is 30.1 Å². The van der Waals surface area contributed by atoms with Gasteiger partial charge in [0.15, 0.2) is 5.11 Å². The van der Waals surface area contributed by atoms with Gasteiger partial charge < -0.3 is 9.64 Å². The molecule has 21 heavy (non-hydrogen) atoms. The summed E-state index contributed by atoms with van der Waals surface area (Å²) in [7, 11) is 0. The molecule has 1 aromatic carbocycles. The van der Waals surface area contributed by atoms with Crippen LogP contribution in [0.2, 0.25) is 0 Å². The van der Waals surface area contributed by atoms with Gasteiger partial charge in [0.1, 0.15) is 6.04 Å². The average Bonchev–Trinajstić information content (AvgIpc) is 3.05. The maximum atomic E-state index is 12.4. The molecular formula is C15H16N2O3S. The van der Waals surface area contributed by atoms with Crippen molar-refractivity contribution < 1.29 is 14.3 Å². The Morgan fingerprint density at radius 2 is 2.10 bits per heavy atom. The molecule has 2 aliphatic heterocycles. The molecule has 2 fully saturated rings. The Hall–Kier alpha value is -1.95. The van der Waals surface area contributed by atoms with E-state index in [9.17, 15) is 9.59 Å². The second-order valence-electron chi connectivity index (χ2n) is 5.07. The van der Waals surface area contributed by atoms with E-state index in [0.29, 0.717) is 23.0 Å². The summed E-state index contributed by atoms with van der Waals surface area (Å²) in [5.74, 6) is -0.332. The molecule has 0 radical (unpaired) electrons. The van der Waals surface area contributed by atoms with Crippen LogP contribution in [-0.4, -0.2) is 41.1 Å². The molecule has 0 N–H and O–H groups in total. The van der Waals surface area contributed by atoms with Gasteiger partial charge in [0.05, 0.1) is 17.9 Å². The Kier molecular flexibility index (Phi) is 3.63. The molecule has 0 saturated carbocycles. The zero-order chi connectivity index (χ0) is 15.0. The lowest BCUT2D eigenvalue weighted by Crippen LogP contribution is -2.32. The van der Waals surface area contributed by atoms with Crippen LogP contribution < -0.4 is 4.90 Å². The first-order valence-electron chi connectivity index (χ1n) is 7.05. The molecule has 5 nitrogen and oxygen atoms in total. The predicted molar refractivity (Wildman–Crippen MR) is 82.2 cm³/mol. The molecule has 6 heteroatoms. The van der Waals surface area contributed by atoms with Gasteiger partial charge in [0.25, 0.3) is 5.91 Å². The summed E-state index contributed by atoms with van der Waals surface area (Å²) in [4.78, 5) is 27.6. The zero-order valence-corrected chi connectivity index (χ0v) is 12.6. The minimum atomic E-state index is -0.361. The average molecular weight is 304 g/mol. The number of nitrogens with zero attached hydrogens (tertiary/aromatic N) is 2. The number of hydrogen-bond donors (Lipinski definition) is 0. The third-order valence-electron chi connectivity index (χ3n) is 3.83. The van der Waals surface area contributed by atoms with Crippen LogP contribution in [0.15, 0.2) is 24.3 Å². The van der Waals surface area contributed by atoms with Crippen molar-refractivity contribution in [1.82, 2.24) is 4.90 Å². The fraction of sp³-hybridized carbons (Fsp3) is 0.400. The number of carbonyl (C=O) groups excluding carboxylic acids is 2. The molecular weight excluding hydrogens is 288 g/mol. The van der Waals surface area contributed by atoms with E-state index in [-0.39, 0.29) is 17.9 Å². The maximum Gasteiger partial charge on any atom is 0.338 e. The van der Waals surface area contributed by atoms with Gasteiger partial charge in [0, 0.05) is 6.54 Å². The van der Waals surface area contributed by atoms with Crippen LogP contribution in [0.25, 0.3) is 0 Å². The van der Waals surface area contributed by atoms with Gasteiger partial charge in [-0.1, -0.05) is 0 Å². The van der Waals surface area contributed by atoms with Crippen LogP contribution in [0.5, 0.6) is 0 Å². The standard InChI is InChI=1S/C15H16N2O3S/c1-2-20-14(19)10-5-7-11(8-6-10)17-13(18)12-4-3-9-16(12)15(17)21/h5-8,12H,2-4,9H2,1H3/t12-/m0/s1. The van der Waals surface area contributed by atoms with Crippen molar-refractivity contribution in [1.29, 1.82) is 0 Å². The van der Waals surface area contributed by atoms with Crippen molar-refractivity contribution in [2.45, 2.75) is 25.8 Å². The molecule has 0 bridgehead atoms. The molecule has 0 aliphatic carbocycles. The normalized spacial score (nSPS) is 20.9. The number of ether oxygens (including phenoxy) is 1. The van der Waals surface area contributed by atoms with Crippen molar-refractivity contribution in [3.63, 3.8) is 0 Å². The summed E-state index contributed by atoms with van der Waals surface area (Å²) < 4.78 is 4.94. The third-order valence-corrected chi connectivity index (χ3v) is 4.25. The number of esters is 1. The number of thiocarbonyl (C=S) groups is 1. The molecule has 0 spiro atoms. The molecule has 2 heterocycles. The summed E-state index contributed by atoms with van der Waals surface area (Å²) in [5, 5.41) is 0.561. The Morgan fingerprint density at radius 3 is 2.71 bits per heavy atom. The van der Waals surface area contributed by atoms with E-state index in [0.717, 1.165) is 19.4 Å². The highest BCUT2D eigenvalue weighted by Gasteiger charge is 2.45. The predicted octanol–water partition coefficient (Wildman–Crippen LogP) is 1.96. The minimum Gasteiger partial charge on any atom is -0.462 e. The molecule has 0 aromatic heterocycles. The van der Waals surface area contributed by atoms with E-state index in [1.807, 2.05) is 4.90 Å². The first kappa shape index (κ1) is 14.0.